The summed E-state index contributed by atoms with van der Waals surface area (Å²) in [5.41, 5.74) is 0.442. The highest BCUT2D eigenvalue weighted by Crippen LogP contribution is 2.51. The number of alkyl carbamates (subject to hydrolysis) is 1. The summed E-state index contributed by atoms with van der Waals surface area (Å²) in [6.07, 6.45) is -1.93. The van der Waals surface area contributed by atoms with Crippen LogP contribution in [0, 0.1) is 12.7 Å². The van der Waals surface area contributed by atoms with E-state index in [0.29, 0.717) is 5.56 Å². The molecule has 1 spiro atoms. The van der Waals surface area contributed by atoms with Crippen LogP contribution >= 0.6 is 0 Å². The first-order valence-corrected chi connectivity index (χ1v) is 11.9. The molecule has 11 nitrogen and oxygen atoms in total. The Morgan fingerprint density at radius 1 is 1.26 bits per heavy atom. The SMILES string of the molecule is CC(=O)c1cc(F)cc(N[C@H]2[C@H](N)[C@]3(NC(=O)O[C@H]3C)[C@@](C)(O)[C@@]2(O)COC(=O)c2c(C)cccc2O)c1. The highest BCUT2D eigenvalue weighted by Gasteiger charge is 2.78. The first kappa shape index (κ1) is 27.3. The topological polar surface area (TPSA) is 180 Å². The number of phenolic OH excluding ortho intramolecular Hbond substituents is 1. The Bertz CT molecular complexity index is 1300. The van der Waals surface area contributed by atoms with Crippen LogP contribution in [0.3, 0.4) is 0 Å². The number of ketones is 1. The van der Waals surface area contributed by atoms with Crippen molar-refractivity contribution in [2.45, 2.75) is 62.6 Å². The fourth-order valence-corrected chi connectivity index (χ4v) is 5.63. The summed E-state index contributed by atoms with van der Waals surface area (Å²) < 4.78 is 24.9. The van der Waals surface area contributed by atoms with Crippen LogP contribution in [0.4, 0.5) is 14.9 Å². The molecule has 1 aliphatic heterocycles. The highest BCUT2D eigenvalue weighted by molar-refractivity contribution is 5.95. The molecule has 1 saturated carbocycles. The summed E-state index contributed by atoms with van der Waals surface area (Å²) in [5.74, 6) is -2.49. The van der Waals surface area contributed by atoms with E-state index in [0.717, 1.165) is 12.1 Å². The van der Waals surface area contributed by atoms with Crippen LogP contribution in [0.25, 0.3) is 0 Å². The molecule has 0 bridgehead atoms. The van der Waals surface area contributed by atoms with Crippen LogP contribution in [0.2, 0.25) is 0 Å². The van der Waals surface area contributed by atoms with Gasteiger partial charge >= 0.3 is 12.1 Å². The third-order valence-corrected chi connectivity index (χ3v) is 7.79. The normalized spacial score (nSPS) is 32.1. The Kier molecular flexibility index (Phi) is 6.63. The van der Waals surface area contributed by atoms with E-state index in [9.17, 15) is 34.1 Å². The Hall–Kier alpha value is -3.74. The molecule has 7 N–H and O–H groups in total. The van der Waals surface area contributed by atoms with Gasteiger partial charge in [-0.1, -0.05) is 12.1 Å². The number of phenols is 1. The zero-order valence-electron chi connectivity index (χ0n) is 21.2. The number of carbonyl (C=O) groups is 3. The Morgan fingerprint density at radius 3 is 2.53 bits per heavy atom. The van der Waals surface area contributed by atoms with Crippen LogP contribution in [0.1, 0.15) is 47.1 Å². The number of nitrogens with one attached hydrogen (secondary N) is 2. The number of aromatic hydroxyl groups is 1. The van der Waals surface area contributed by atoms with Crippen molar-refractivity contribution >= 4 is 23.5 Å². The molecule has 4 rings (SSSR count). The van der Waals surface area contributed by atoms with Crippen molar-refractivity contribution in [1.82, 2.24) is 5.32 Å². The minimum absolute atomic E-state index is 0.0383. The number of anilines is 1. The molecule has 1 heterocycles. The average molecular weight is 532 g/mol. The number of cyclic esters (lactones) is 1. The first-order chi connectivity index (χ1) is 17.7. The molecule has 6 atom stereocenters. The van der Waals surface area contributed by atoms with Gasteiger partial charge < -0.3 is 41.2 Å². The van der Waals surface area contributed by atoms with Gasteiger partial charge in [0.15, 0.2) is 11.4 Å². The monoisotopic (exact) mass is 531 g/mol. The summed E-state index contributed by atoms with van der Waals surface area (Å²) >= 11 is 0. The minimum atomic E-state index is -2.40. The Morgan fingerprint density at radius 2 is 1.95 bits per heavy atom. The maximum atomic E-state index is 14.3. The van der Waals surface area contributed by atoms with Crippen LogP contribution in [-0.2, 0) is 9.47 Å². The zero-order valence-corrected chi connectivity index (χ0v) is 21.2. The number of hydrogen-bond donors (Lipinski definition) is 6. The van der Waals surface area contributed by atoms with E-state index in [1.54, 1.807) is 13.0 Å². The number of rotatable bonds is 6. The largest absolute Gasteiger partial charge is 0.507 e. The van der Waals surface area contributed by atoms with Gasteiger partial charge in [0.05, 0.1) is 12.1 Å². The molecule has 0 aromatic heterocycles. The number of carbonyl (C=O) groups excluding carboxylic acids is 3. The lowest BCUT2D eigenvalue weighted by molar-refractivity contribution is -0.177. The molecule has 12 heteroatoms. The second kappa shape index (κ2) is 9.22. The molecule has 1 saturated heterocycles. The molecule has 204 valence electrons. The molecule has 0 unspecified atom stereocenters. The summed E-state index contributed by atoms with van der Waals surface area (Å²) in [6.45, 7) is 4.67. The van der Waals surface area contributed by atoms with Gasteiger partial charge in [-0.3, -0.25) is 4.79 Å². The summed E-state index contributed by atoms with van der Waals surface area (Å²) in [4.78, 5) is 37.0. The first-order valence-electron chi connectivity index (χ1n) is 11.9. The number of Topliss-reactive ketones (excluding diaryl/α,β-unsaturated/α-hetero) is 1. The van der Waals surface area contributed by atoms with Gasteiger partial charge in [0, 0.05) is 11.3 Å². The Labute approximate surface area is 217 Å². The molecule has 0 radical (unpaired) electrons. The standard InChI is InChI=1S/C26H30FN3O8/c1-12-6-5-7-18(32)19(12)22(33)37-11-25(36)21(29-17-9-15(13(2)31)8-16(27)10-17)20(28)26(24(25,4)35)14(3)38-23(34)30-26/h5-10,14,20-21,29,32,35-36H,11,28H2,1-4H3,(H,30,34)/t14-,20-,21-,24-,25+,26-/m0/s1. The van der Waals surface area contributed by atoms with Gasteiger partial charge in [0.25, 0.3) is 0 Å². The number of amides is 1. The fourth-order valence-electron chi connectivity index (χ4n) is 5.63. The molecule has 1 amide bonds. The lowest BCUT2D eigenvalue weighted by atomic mass is 9.74. The van der Waals surface area contributed by atoms with E-state index < -0.39 is 65.2 Å². The van der Waals surface area contributed by atoms with Gasteiger partial charge in [-0.2, -0.15) is 0 Å². The second-order valence-corrected chi connectivity index (χ2v) is 10.0. The van der Waals surface area contributed by atoms with Gasteiger partial charge in [-0.05, 0) is 57.5 Å². The third kappa shape index (κ3) is 3.96. The van der Waals surface area contributed by atoms with Crippen molar-refractivity contribution in [1.29, 1.82) is 0 Å². The third-order valence-electron chi connectivity index (χ3n) is 7.79. The van der Waals surface area contributed by atoms with Crippen molar-refractivity contribution in [2.75, 3.05) is 11.9 Å². The zero-order chi connectivity index (χ0) is 28.2. The van der Waals surface area contributed by atoms with E-state index in [1.165, 1.54) is 39.0 Å². The predicted octanol–water partition coefficient (Wildman–Crippen LogP) is 1.37. The van der Waals surface area contributed by atoms with Gasteiger partial charge in [0.2, 0.25) is 0 Å². The minimum Gasteiger partial charge on any atom is -0.507 e. The summed E-state index contributed by atoms with van der Waals surface area (Å²) in [7, 11) is 0. The molecule has 1 aliphatic carbocycles. The number of aliphatic hydroxyl groups is 2. The van der Waals surface area contributed by atoms with Crippen LogP contribution in [0.5, 0.6) is 5.75 Å². The molecule has 2 fully saturated rings. The molecule has 38 heavy (non-hydrogen) atoms. The smallest absolute Gasteiger partial charge is 0.408 e. The number of esters is 1. The number of halogens is 1. The predicted molar refractivity (Wildman–Crippen MR) is 132 cm³/mol. The molecule has 2 aromatic carbocycles. The lowest BCUT2D eigenvalue weighted by Gasteiger charge is -2.44. The second-order valence-electron chi connectivity index (χ2n) is 10.0. The van der Waals surface area contributed by atoms with Gasteiger partial charge in [0.1, 0.15) is 41.0 Å². The number of nitrogens with two attached hydrogens (primary N) is 1. The Balaban J connectivity index is 1.77. The quantitative estimate of drug-likeness (QED) is 0.235. The van der Waals surface area contributed by atoms with Gasteiger partial charge in [-0.15, -0.1) is 0 Å². The number of aryl methyl sites for hydroxylation is 1. The van der Waals surface area contributed by atoms with Crippen molar-refractivity contribution in [3.05, 3.63) is 58.9 Å². The van der Waals surface area contributed by atoms with Crippen molar-refractivity contribution in [2.24, 2.45) is 5.73 Å². The molecular weight excluding hydrogens is 501 g/mol. The maximum Gasteiger partial charge on any atom is 0.408 e. The van der Waals surface area contributed by atoms with Crippen LogP contribution in [-0.4, -0.2) is 74.7 Å². The van der Waals surface area contributed by atoms with E-state index in [-0.39, 0.29) is 22.6 Å². The van der Waals surface area contributed by atoms with E-state index in [2.05, 4.69) is 10.6 Å². The van der Waals surface area contributed by atoms with Crippen LogP contribution in [0.15, 0.2) is 36.4 Å². The highest BCUT2D eigenvalue weighted by atomic mass is 19.1. The molecule has 2 aliphatic rings. The lowest BCUT2D eigenvalue weighted by Crippen LogP contribution is -2.72. The van der Waals surface area contributed by atoms with E-state index in [1.807, 2.05) is 0 Å². The fraction of sp³-hybridized carbons (Fsp3) is 0.423. The van der Waals surface area contributed by atoms with Gasteiger partial charge in [-0.25, -0.2) is 14.0 Å². The maximum absolute atomic E-state index is 14.3. The van der Waals surface area contributed by atoms with Crippen LogP contribution < -0.4 is 16.4 Å². The molecule has 2 aromatic rings. The molecular formula is C26H30FN3O8. The van der Waals surface area contributed by atoms with E-state index in [4.69, 9.17) is 15.2 Å². The summed E-state index contributed by atoms with van der Waals surface area (Å²) in [6, 6.07) is 5.19. The average Bonchev–Trinajstić information content (AvgIpc) is 3.19. The number of benzene rings is 2. The van der Waals surface area contributed by atoms with E-state index >= 15 is 0 Å². The number of hydrogen-bond acceptors (Lipinski definition) is 10. The summed E-state index contributed by atoms with van der Waals surface area (Å²) in [5, 5.41) is 39.4. The van der Waals surface area contributed by atoms with Crippen molar-refractivity contribution < 1.29 is 43.6 Å². The van der Waals surface area contributed by atoms with Crippen molar-refractivity contribution in [3.63, 3.8) is 0 Å². The van der Waals surface area contributed by atoms with Crippen molar-refractivity contribution in [3.8, 4) is 5.75 Å². The number of ether oxygens (including phenoxy) is 2.